The molecule has 2 fully saturated rings. The molecule has 1 aliphatic carbocycles. The highest BCUT2D eigenvalue weighted by Crippen LogP contribution is 2.44. The maximum atomic E-state index is 12.9. The van der Waals surface area contributed by atoms with Crippen molar-refractivity contribution in [2.45, 2.75) is 25.2 Å². The van der Waals surface area contributed by atoms with Gasteiger partial charge in [0.25, 0.3) is 0 Å². The lowest BCUT2D eigenvalue weighted by molar-refractivity contribution is -0.142. The molecule has 5 nitrogen and oxygen atoms in total. The molecule has 3 atom stereocenters. The van der Waals surface area contributed by atoms with E-state index in [1.807, 2.05) is 30.3 Å². The summed E-state index contributed by atoms with van der Waals surface area (Å²) in [6.07, 6.45) is 2.27. The van der Waals surface area contributed by atoms with Crippen molar-refractivity contribution in [3.8, 4) is 0 Å². The predicted octanol–water partition coefficient (Wildman–Crippen LogP) is 3.80. The number of hydrogen-bond donors (Lipinski definition) is 1. The molecule has 3 amide bonds. The average Bonchev–Trinajstić information content (AvgIpc) is 2.95. The fourth-order valence-corrected chi connectivity index (χ4v) is 4.67. The van der Waals surface area contributed by atoms with Gasteiger partial charge in [-0.15, -0.1) is 0 Å². The van der Waals surface area contributed by atoms with Crippen LogP contribution < -0.4 is 5.32 Å². The third-order valence-electron chi connectivity index (χ3n) is 5.72. The van der Waals surface area contributed by atoms with Gasteiger partial charge in [-0.1, -0.05) is 30.3 Å². The van der Waals surface area contributed by atoms with E-state index in [0.29, 0.717) is 24.4 Å². The molecular weight excluding hydrogens is 467 g/mol. The van der Waals surface area contributed by atoms with Crippen molar-refractivity contribution >= 4 is 46.0 Å². The van der Waals surface area contributed by atoms with Gasteiger partial charge in [-0.2, -0.15) is 0 Å². The fourth-order valence-electron chi connectivity index (χ4n) is 4.31. The van der Waals surface area contributed by atoms with E-state index in [2.05, 4.69) is 40.0 Å². The smallest absolute Gasteiger partial charge is 0.244 e. The normalized spacial score (nSPS) is 24.2. The highest BCUT2D eigenvalue weighted by molar-refractivity contribution is 14.1. The largest absolute Gasteiger partial charge is 0.325 e. The van der Waals surface area contributed by atoms with Crippen LogP contribution in [0.15, 0.2) is 54.6 Å². The molecule has 1 heterocycles. The summed E-state index contributed by atoms with van der Waals surface area (Å²) >= 11 is 2.19. The van der Waals surface area contributed by atoms with E-state index in [1.54, 1.807) is 12.1 Å². The van der Waals surface area contributed by atoms with Crippen LogP contribution in [0.2, 0.25) is 0 Å². The van der Waals surface area contributed by atoms with Crippen LogP contribution in [-0.4, -0.2) is 29.2 Å². The zero-order valence-corrected chi connectivity index (χ0v) is 17.5. The first-order valence-electron chi connectivity index (χ1n) is 9.48. The lowest BCUT2D eigenvalue weighted by Gasteiger charge is -2.28. The van der Waals surface area contributed by atoms with Crippen molar-refractivity contribution in [1.82, 2.24) is 4.90 Å². The third kappa shape index (κ3) is 3.83. The second-order valence-corrected chi connectivity index (χ2v) is 8.70. The summed E-state index contributed by atoms with van der Waals surface area (Å²) < 4.78 is 1.07. The summed E-state index contributed by atoms with van der Waals surface area (Å²) in [4.78, 5) is 39.2. The Morgan fingerprint density at radius 1 is 0.964 bits per heavy atom. The standard InChI is InChI=1S/C22H21IN2O3/c23-16-7-9-17(10-8-16)24-20(26)13-25-21(27)18-11-6-15(12-19(18)22(25)28)14-4-2-1-3-5-14/h1-5,7-10,15,18-19H,6,11-13H2,(H,24,26). The van der Waals surface area contributed by atoms with E-state index in [0.717, 1.165) is 14.9 Å². The average molecular weight is 488 g/mol. The number of anilines is 1. The molecule has 2 aromatic carbocycles. The number of likely N-dealkylation sites (tertiary alicyclic amines) is 1. The number of fused-ring (bicyclic) bond motifs is 1. The number of hydrogen-bond acceptors (Lipinski definition) is 3. The summed E-state index contributed by atoms with van der Waals surface area (Å²) in [5.41, 5.74) is 1.88. The Balaban J connectivity index is 1.42. The molecule has 0 spiro atoms. The molecule has 3 unspecified atom stereocenters. The Bertz CT molecular complexity index is 898. The van der Waals surface area contributed by atoms with Gasteiger partial charge in [0.15, 0.2) is 0 Å². The highest BCUT2D eigenvalue weighted by atomic mass is 127. The maximum absolute atomic E-state index is 12.9. The van der Waals surface area contributed by atoms with Crippen molar-refractivity contribution in [2.24, 2.45) is 11.8 Å². The van der Waals surface area contributed by atoms with Crippen molar-refractivity contribution in [3.05, 3.63) is 63.7 Å². The molecule has 0 radical (unpaired) electrons. The van der Waals surface area contributed by atoms with E-state index in [1.165, 1.54) is 5.56 Å². The van der Waals surface area contributed by atoms with Gasteiger partial charge in [-0.05, 0) is 77.6 Å². The summed E-state index contributed by atoms with van der Waals surface area (Å²) in [7, 11) is 0. The Kier molecular flexibility index (Phi) is 5.48. The molecule has 0 aromatic heterocycles. The summed E-state index contributed by atoms with van der Waals surface area (Å²) in [5.74, 6) is -1.04. The molecule has 1 N–H and O–H groups in total. The van der Waals surface area contributed by atoms with Crippen molar-refractivity contribution in [2.75, 3.05) is 11.9 Å². The first-order chi connectivity index (χ1) is 13.5. The first kappa shape index (κ1) is 19.1. The van der Waals surface area contributed by atoms with E-state index < -0.39 is 0 Å². The molecule has 2 aromatic rings. The van der Waals surface area contributed by atoms with Gasteiger partial charge in [0, 0.05) is 9.26 Å². The minimum atomic E-state index is -0.346. The van der Waals surface area contributed by atoms with Crippen molar-refractivity contribution in [3.63, 3.8) is 0 Å². The molecule has 2 aliphatic rings. The Morgan fingerprint density at radius 2 is 1.64 bits per heavy atom. The number of rotatable bonds is 4. The van der Waals surface area contributed by atoms with Gasteiger partial charge in [0.2, 0.25) is 17.7 Å². The van der Waals surface area contributed by atoms with Crippen LogP contribution in [0, 0.1) is 15.4 Å². The quantitative estimate of drug-likeness (QED) is 0.526. The number of halogens is 1. The second-order valence-electron chi connectivity index (χ2n) is 7.45. The zero-order chi connectivity index (χ0) is 19.7. The zero-order valence-electron chi connectivity index (χ0n) is 15.3. The van der Waals surface area contributed by atoms with Gasteiger partial charge in [-0.25, -0.2) is 0 Å². The van der Waals surface area contributed by atoms with Gasteiger partial charge in [-0.3, -0.25) is 19.3 Å². The fraction of sp³-hybridized carbons (Fsp3) is 0.318. The molecule has 1 saturated heterocycles. The van der Waals surface area contributed by atoms with Crippen LogP contribution in [0.4, 0.5) is 5.69 Å². The molecule has 1 saturated carbocycles. The van der Waals surface area contributed by atoms with E-state index in [-0.39, 0.29) is 36.1 Å². The third-order valence-corrected chi connectivity index (χ3v) is 6.44. The van der Waals surface area contributed by atoms with Crippen LogP contribution in [0.1, 0.15) is 30.7 Å². The molecule has 144 valence electrons. The van der Waals surface area contributed by atoms with Gasteiger partial charge in [0.1, 0.15) is 6.54 Å². The Labute approximate surface area is 177 Å². The Morgan fingerprint density at radius 3 is 2.36 bits per heavy atom. The summed E-state index contributed by atoms with van der Waals surface area (Å²) in [6.45, 7) is -0.216. The van der Waals surface area contributed by atoms with Crippen LogP contribution in [0.25, 0.3) is 0 Å². The lowest BCUT2D eigenvalue weighted by Crippen LogP contribution is -2.38. The monoisotopic (exact) mass is 488 g/mol. The summed E-state index contributed by atoms with van der Waals surface area (Å²) in [5, 5.41) is 2.76. The number of imide groups is 1. The SMILES string of the molecule is O=C(CN1C(=O)C2CCC(c3ccccc3)CC2C1=O)Nc1ccc(I)cc1. The second kappa shape index (κ2) is 8.03. The minimum Gasteiger partial charge on any atom is -0.325 e. The molecular formula is C22H21IN2O3. The molecule has 0 bridgehead atoms. The van der Waals surface area contributed by atoms with Gasteiger partial charge in [0.05, 0.1) is 11.8 Å². The minimum absolute atomic E-state index is 0.195. The Hall–Kier alpha value is -2.22. The van der Waals surface area contributed by atoms with Crippen molar-refractivity contribution < 1.29 is 14.4 Å². The van der Waals surface area contributed by atoms with E-state index >= 15 is 0 Å². The van der Waals surface area contributed by atoms with Crippen molar-refractivity contribution in [1.29, 1.82) is 0 Å². The first-order valence-corrected chi connectivity index (χ1v) is 10.6. The number of carbonyl (C=O) groups is 3. The van der Waals surface area contributed by atoms with Crippen LogP contribution in [-0.2, 0) is 14.4 Å². The molecule has 1 aliphatic heterocycles. The predicted molar refractivity (Wildman–Crippen MR) is 115 cm³/mol. The maximum Gasteiger partial charge on any atom is 0.244 e. The van der Waals surface area contributed by atoms with Gasteiger partial charge < -0.3 is 5.32 Å². The van der Waals surface area contributed by atoms with Crippen LogP contribution in [0.5, 0.6) is 0 Å². The molecule has 6 heteroatoms. The number of nitrogens with one attached hydrogen (secondary N) is 1. The number of benzene rings is 2. The summed E-state index contributed by atoms with van der Waals surface area (Å²) in [6, 6.07) is 17.5. The highest BCUT2D eigenvalue weighted by Gasteiger charge is 2.50. The van der Waals surface area contributed by atoms with Crippen LogP contribution in [0.3, 0.4) is 0 Å². The molecule has 28 heavy (non-hydrogen) atoms. The van der Waals surface area contributed by atoms with Gasteiger partial charge >= 0.3 is 0 Å². The number of amides is 3. The number of nitrogens with zero attached hydrogens (tertiary/aromatic N) is 1. The topological polar surface area (TPSA) is 66.5 Å². The lowest BCUT2D eigenvalue weighted by atomic mass is 9.73. The van der Waals surface area contributed by atoms with E-state index in [4.69, 9.17) is 0 Å². The number of carbonyl (C=O) groups excluding carboxylic acids is 3. The van der Waals surface area contributed by atoms with Crippen LogP contribution >= 0.6 is 22.6 Å². The van der Waals surface area contributed by atoms with E-state index in [9.17, 15) is 14.4 Å². The molecule has 4 rings (SSSR count).